The number of aliphatic imine (C=N–C) groups is 1. The standard InChI is InChI=1S/C21H33N5O/c1-16(2)12-18(4)27-20-13-17(3)6-7-19(20)14-25-21(22-5)24-9-11-26-10-8-23-15-26/h6-8,10,13,15-16,18H,9,11-12,14H2,1-5H3,(H2,22,24,25). The number of hydrogen-bond acceptors (Lipinski definition) is 3. The molecule has 0 saturated heterocycles. The van der Waals surface area contributed by atoms with Crippen LogP contribution in [0.25, 0.3) is 0 Å². The lowest BCUT2D eigenvalue weighted by Crippen LogP contribution is -2.38. The Morgan fingerprint density at radius 3 is 2.74 bits per heavy atom. The van der Waals surface area contributed by atoms with E-state index in [9.17, 15) is 0 Å². The van der Waals surface area contributed by atoms with Gasteiger partial charge in [-0.3, -0.25) is 4.99 Å². The van der Waals surface area contributed by atoms with Crippen molar-refractivity contribution < 1.29 is 4.74 Å². The summed E-state index contributed by atoms with van der Waals surface area (Å²) in [4.78, 5) is 8.35. The monoisotopic (exact) mass is 371 g/mol. The lowest BCUT2D eigenvalue weighted by Gasteiger charge is -2.20. The number of hydrogen-bond donors (Lipinski definition) is 2. The molecule has 27 heavy (non-hydrogen) atoms. The topological polar surface area (TPSA) is 63.5 Å². The van der Waals surface area contributed by atoms with Crippen LogP contribution in [-0.2, 0) is 13.1 Å². The van der Waals surface area contributed by atoms with Crippen molar-refractivity contribution in [3.63, 3.8) is 0 Å². The number of rotatable bonds is 9. The molecule has 1 atom stereocenters. The minimum absolute atomic E-state index is 0.193. The maximum atomic E-state index is 6.22. The van der Waals surface area contributed by atoms with E-state index in [-0.39, 0.29) is 6.10 Å². The number of nitrogens with one attached hydrogen (secondary N) is 2. The fourth-order valence-electron chi connectivity index (χ4n) is 2.97. The first-order chi connectivity index (χ1) is 13.0. The number of guanidine groups is 1. The number of benzene rings is 1. The Labute approximate surface area is 163 Å². The zero-order chi connectivity index (χ0) is 19.6. The van der Waals surface area contributed by atoms with Gasteiger partial charge in [0.05, 0.1) is 12.4 Å². The van der Waals surface area contributed by atoms with E-state index in [2.05, 4.69) is 66.5 Å². The summed E-state index contributed by atoms with van der Waals surface area (Å²) in [5, 5.41) is 6.70. The quantitative estimate of drug-likeness (QED) is 0.524. The van der Waals surface area contributed by atoms with Gasteiger partial charge in [0.15, 0.2) is 5.96 Å². The minimum atomic E-state index is 0.193. The third-order valence-corrected chi connectivity index (χ3v) is 4.25. The second-order valence-corrected chi connectivity index (χ2v) is 7.32. The zero-order valence-electron chi connectivity index (χ0n) is 17.2. The third kappa shape index (κ3) is 7.33. The molecule has 1 aromatic carbocycles. The summed E-state index contributed by atoms with van der Waals surface area (Å²) in [5.74, 6) is 2.34. The first kappa shape index (κ1) is 20.8. The van der Waals surface area contributed by atoms with Gasteiger partial charge in [0.25, 0.3) is 0 Å². The van der Waals surface area contributed by atoms with Crippen LogP contribution in [0.5, 0.6) is 5.75 Å². The Morgan fingerprint density at radius 2 is 2.07 bits per heavy atom. The average Bonchev–Trinajstić information content (AvgIpc) is 3.12. The van der Waals surface area contributed by atoms with Crippen LogP contribution >= 0.6 is 0 Å². The van der Waals surface area contributed by atoms with Crippen LogP contribution in [0, 0.1) is 12.8 Å². The number of aromatic nitrogens is 2. The van der Waals surface area contributed by atoms with Gasteiger partial charge in [-0.05, 0) is 37.8 Å². The molecule has 0 aliphatic heterocycles. The van der Waals surface area contributed by atoms with Crippen molar-refractivity contribution in [2.45, 2.75) is 53.3 Å². The lowest BCUT2D eigenvalue weighted by atomic mass is 10.1. The van der Waals surface area contributed by atoms with Crippen molar-refractivity contribution >= 4 is 5.96 Å². The fourth-order valence-corrected chi connectivity index (χ4v) is 2.97. The van der Waals surface area contributed by atoms with E-state index >= 15 is 0 Å². The molecule has 148 valence electrons. The highest BCUT2D eigenvalue weighted by Crippen LogP contribution is 2.23. The maximum absolute atomic E-state index is 6.22. The van der Waals surface area contributed by atoms with Crippen LogP contribution in [0.2, 0.25) is 0 Å². The van der Waals surface area contributed by atoms with E-state index in [0.717, 1.165) is 36.8 Å². The molecule has 2 rings (SSSR count). The molecule has 0 bridgehead atoms. The molecule has 6 heteroatoms. The Balaban J connectivity index is 1.90. The number of imidazole rings is 1. The minimum Gasteiger partial charge on any atom is -0.490 e. The van der Waals surface area contributed by atoms with Crippen molar-refractivity contribution in [2.75, 3.05) is 13.6 Å². The van der Waals surface area contributed by atoms with Gasteiger partial charge < -0.3 is 19.9 Å². The molecular weight excluding hydrogens is 338 g/mol. The molecule has 1 unspecified atom stereocenters. The molecule has 0 aliphatic rings. The van der Waals surface area contributed by atoms with Crippen LogP contribution in [0.3, 0.4) is 0 Å². The average molecular weight is 372 g/mol. The van der Waals surface area contributed by atoms with E-state index in [4.69, 9.17) is 4.74 Å². The maximum Gasteiger partial charge on any atom is 0.191 e. The number of ether oxygens (including phenoxy) is 1. The van der Waals surface area contributed by atoms with Gasteiger partial charge in [0.2, 0.25) is 0 Å². The van der Waals surface area contributed by atoms with Gasteiger partial charge in [-0.25, -0.2) is 4.98 Å². The largest absolute Gasteiger partial charge is 0.490 e. The highest BCUT2D eigenvalue weighted by atomic mass is 16.5. The first-order valence-corrected chi connectivity index (χ1v) is 9.64. The Morgan fingerprint density at radius 1 is 1.26 bits per heavy atom. The molecule has 1 aromatic heterocycles. The summed E-state index contributed by atoms with van der Waals surface area (Å²) in [7, 11) is 1.78. The molecule has 0 aliphatic carbocycles. The normalized spacial score (nSPS) is 12.9. The van der Waals surface area contributed by atoms with Crippen molar-refractivity contribution in [2.24, 2.45) is 10.9 Å². The molecule has 6 nitrogen and oxygen atoms in total. The van der Waals surface area contributed by atoms with Crippen molar-refractivity contribution in [3.05, 3.63) is 48.0 Å². The Kier molecular flexibility index (Phi) is 8.17. The van der Waals surface area contributed by atoms with Gasteiger partial charge in [-0.2, -0.15) is 0 Å². The Bertz CT molecular complexity index is 709. The van der Waals surface area contributed by atoms with Crippen LogP contribution in [0.4, 0.5) is 0 Å². The summed E-state index contributed by atoms with van der Waals surface area (Å²) >= 11 is 0. The third-order valence-electron chi connectivity index (χ3n) is 4.25. The predicted octanol–water partition coefficient (Wildman–Crippen LogP) is 3.37. The van der Waals surface area contributed by atoms with Crippen molar-refractivity contribution in [1.29, 1.82) is 0 Å². The van der Waals surface area contributed by atoms with E-state index in [1.165, 1.54) is 5.56 Å². The summed E-state index contributed by atoms with van der Waals surface area (Å²) in [6, 6.07) is 6.35. The molecule has 1 heterocycles. The highest BCUT2D eigenvalue weighted by Gasteiger charge is 2.11. The summed E-state index contributed by atoms with van der Waals surface area (Å²) in [6.45, 7) is 10.9. The van der Waals surface area contributed by atoms with Crippen LogP contribution < -0.4 is 15.4 Å². The fraction of sp³-hybridized carbons (Fsp3) is 0.524. The molecular formula is C21H33N5O. The van der Waals surface area contributed by atoms with Crippen molar-refractivity contribution in [1.82, 2.24) is 20.2 Å². The molecule has 2 N–H and O–H groups in total. The van der Waals surface area contributed by atoms with E-state index < -0.39 is 0 Å². The molecule has 2 aromatic rings. The van der Waals surface area contributed by atoms with Crippen LogP contribution in [0.15, 0.2) is 41.9 Å². The molecule has 0 fully saturated rings. The highest BCUT2D eigenvalue weighted by molar-refractivity contribution is 5.79. The SMILES string of the molecule is CN=C(NCCn1ccnc1)NCc1ccc(C)cc1OC(C)CC(C)C. The molecule has 0 spiro atoms. The lowest BCUT2D eigenvalue weighted by molar-refractivity contribution is 0.191. The molecule has 0 amide bonds. The van der Waals surface area contributed by atoms with Gasteiger partial charge in [0, 0.05) is 44.6 Å². The van der Waals surface area contributed by atoms with Gasteiger partial charge in [-0.1, -0.05) is 26.0 Å². The van der Waals surface area contributed by atoms with Crippen LogP contribution in [-0.4, -0.2) is 35.2 Å². The van der Waals surface area contributed by atoms with Gasteiger partial charge >= 0.3 is 0 Å². The smallest absolute Gasteiger partial charge is 0.191 e. The number of nitrogens with zero attached hydrogens (tertiary/aromatic N) is 3. The first-order valence-electron chi connectivity index (χ1n) is 9.64. The summed E-state index contributed by atoms with van der Waals surface area (Å²) < 4.78 is 8.25. The van der Waals surface area contributed by atoms with Crippen LogP contribution in [0.1, 0.15) is 38.3 Å². The molecule has 0 saturated carbocycles. The van der Waals surface area contributed by atoms with Crippen molar-refractivity contribution in [3.8, 4) is 5.75 Å². The van der Waals surface area contributed by atoms with Gasteiger partial charge in [0.1, 0.15) is 5.75 Å². The summed E-state index contributed by atoms with van der Waals surface area (Å²) in [6.07, 6.45) is 6.78. The second-order valence-electron chi connectivity index (χ2n) is 7.32. The van der Waals surface area contributed by atoms with Gasteiger partial charge in [-0.15, -0.1) is 0 Å². The number of aryl methyl sites for hydroxylation is 1. The molecule has 0 radical (unpaired) electrons. The van der Waals surface area contributed by atoms with E-state index in [1.54, 1.807) is 13.2 Å². The van der Waals surface area contributed by atoms with E-state index in [1.807, 2.05) is 17.1 Å². The van der Waals surface area contributed by atoms with E-state index in [0.29, 0.717) is 12.5 Å². The summed E-state index contributed by atoms with van der Waals surface area (Å²) in [5.41, 5.74) is 2.34. The predicted molar refractivity (Wildman–Crippen MR) is 111 cm³/mol. The second kappa shape index (κ2) is 10.6. The zero-order valence-corrected chi connectivity index (χ0v) is 17.2. The Hall–Kier alpha value is -2.50.